The second-order valence-electron chi connectivity index (χ2n) is 10.0. The summed E-state index contributed by atoms with van der Waals surface area (Å²) in [6, 6.07) is 6.21. The van der Waals surface area contributed by atoms with Gasteiger partial charge in [0.1, 0.15) is 23.8 Å². The maximum absolute atomic E-state index is 6.50. The summed E-state index contributed by atoms with van der Waals surface area (Å²) < 4.78 is 30.7. The first kappa shape index (κ1) is 20.7. The molecule has 1 aromatic heterocycles. The van der Waals surface area contributed by atoms with Gasteiger partial charge in [-0.05, 0) is 63.5 Å². The van der Waals surface area contributed by atoms with Gasteiger partial charge in [-0.15, -0.1) is 0 Å². The highest BCUT2D eigenvalue weighted by atomic mass is 16.7. The largest absolute Gasteiger partial charge is 0.487 e. The van der Waals surface area contributed by atoms with Crippen molar-refractivity contribution in [3.8, 4) is 5.75 Å². The van der Waals surface area contributed by atoms with E-state index >= 15 is 0 Å². The highest BCUT2D eigenvalue weighted by molar-refractivity contribution is 5.40. The smallest absolute Gasteiger partial charge is 0.174 e. The molecule has 0 amide bonds. The predicted octanol–water partition coefficient (Wildman–Crippen LogP) is 5.20. The maximum Gasteiger partial charge on any atom is 0.174 e. The number of ether oxygens (including phenoxy) is 4. The maximum atomic E-state index is 6.50. The van der Waals surface area contributed by atoms with Crippen molar-refractivity contribution in [3.63, 3.8) is 0 Å². The minimum Gasteiger partial charge on any atom is -0.487 e. The number of hydrogen-bond donors (Lipinski definition) is 0. The van der Waals surface area contributed by atoms with Gasteiger partial charge in [0.25, 0.3) is 0 Å². The zero-order chi connectivity index (χ0) is 21.7. The lowest BCUT2D eigenvalue weighted by Gasteiger charge is -2.41. The van der Waals surface area contributed by atoms with Crippen LogP contribution in [0.5, 0.6) is 5.75 Å². The van der Waals surface area contributed by atoms with Crippen LogP contribution in [0.4, 0.5) is 0 Å². The number of nitrogens with zero attached hydrogens (tertiary/aromatic N) is 1. The topological polar surface area (TPSA) is 63.0 Å². The average molecular weight is 440 g/mol. The van der Waals surface area contributed by atoms with E-state index < -0.39 is 0 Å². The van der Waals surface area contributed by atoms with Crippen LogP contribution >= 0.6 is 0 Å². The van der Waals surface area contributed by atoms with Crippen LogP contribution in [0.3, 0.4) is 0 Å². The van der Waals surface area contributed by atoms with Gasteiger partial charge in [0.2, 0.25) is 0 Å². The zero-order valence-electron chi connectivity index (χ0n) is 19.1. The third kappa shape index (κ3) is 3.57. The van der Waals surface area contributed by atoms with E-state index in [2.05, 4.69) is 37.2 Å². The number of hydrogen-bond acceptors (Lipinski definition) is 6. The first-order valence-corrected chi connectivity index (χ1v) is 12.2. The number of aryl methyl sites for hydroxylation is 2. The summed E-state index contributed by atoms with van der Waals surface area (Å²) in [5.74, 6) is 3.00. The quantitative estimate of drug-likeness (QED) is 0.591. The van der Waals surface area contributed by atoms with Crippen molar-refractivity contribution in [2.24, 2.45) is 11.8 Å². The standard InChI is InChI=1S/C26H33NO5/c1-16-4-3-5-17(2)24(16)29-15-23-22(25(32-27-23)18-6-7-18)14-28-21-12-19-8-9-20(13-21)26(19)30-10-11-31-26/h3-5,18-21H,6-15H2,1-2H3/t19-,20+,21+. The molecule has 6 nitrogen and oxygen atoms in total. The lowest BCUT2D eigenvalue weighted by atomic mass is 9.81. The van der Waals surface area contributed by atoms with E-state index in [1.165, 1.54) is 25.7 Å². The summed E-state index contributed by atoms with van der Waals surface area (Å²) in [6.45, 7) is 6.56. The molecule has 6 heteroatoms. The van der Waals surface area contributed by atoms with Gasteiger partial charge >= 0.3 is 0 Å². The van der Waals surface area contributed by atoms with Crippen LogP contribution in [0, 0.1) is 25.7 Å². The SMILES string of the molecule is Cc1cccc(C)c1OCc1noc(C2CC2)c1CO[C@H]1C[C@H]2CC[C@@H](C1)C21OCCO1. The first-order valence-electron chi connectivity index (χ1n) is 12.2. The Labute approximate surface area is 189 Å². The lowest BCUT2D eigenvalue weighted by molar-refractivity contribution is -0.238. The summed E-state index contributed by atoms with van der Waals surface area (Å²) in [7, 11) is 0. The Morgan fingerprint density at radius 1 is 0.969 bits per heavy atom. The van der Waals surface area contributed by atoms with Crippen molar-refractivity contribution in [2.45, 2.75) is 83.4 Å². The Bertz CT molecular complexity index is 938. The second-order valence-corrected chi connectivity index (χ2v) is 10.0. The zero-order valence-corrected chi connectivity index (χ0v) is 19.1. The van der Waals surface area contributed by atoms with E-state index in [0.717, 1.165) is 59.9 Å². The molecule has 1 saturated heterocycles. The van der Waals surface area contributed by atoms with E-state index in [9.17, 15) is 0 Å². The van der Waals surface area contributed by atoms with Gasteiger partial charge in [0.15, 0.2) is 5.79 Å². The molecule has 4 fully saturated rings. The Hall–Kier alpha value is -1.89. The van der Waals surface area contributed by atoms with Gasteiger partial charge in [0.05, 0.1) is 25.9 Å². The predicted molar refractivity (Wildman–Crippen MR) is 117 cm³/mol. The van der Waals surface area contributed by atoms with Gasteiger partial charge < -0.3 is 23.5 Å². The Morgan fingerprint density at radius 3 is 2.31 bits per heavy atom. The Balaban J connectivity index is 1.15. The molecule has 6 rings (SSSR count). The summed E-state index contributed by atoms with van der Waals surface area (Å²) in [4.78, 5) is 0. The molecule has 0 unspecified atom stereocenters. The molecule has 3 aliphatic carbocycles. The molecule has 172 valence electrons. The highest BCUT2D eigenvalue weighted by Gasteiger charge is 2.58. The molecule has 4 aliphatic rings. The molecule has 0 radical (unpaired) electrons. The van der Waals surface area contributed by atoms with Crippen molar-refractivity contribution in [2.75, 3.05) is 13.2 Å². The molecule has 3 saturated carbocycles. The molecule has 1 aromatic carbocycles. The molecule has 0 N–H and O–H groups in total. The van der Waals surface area contributed by atoms with Gasteiger partial charge in [-0.25, -0.2) is 0 Å². The van der Waals surface area contributed by atoms with E-state index in [1.807, 2.05) is 0 Å². The minimum absolute atomic E-state index is 0.236. The van der Waals surface area contributed by atoms with E-state index in [0.29, 0.717) is 31.0 Å². The number of rotatable bonds is 7. The Morgan fingerprint density at radius 2 is 1.66 bits per heavy atom. The van der Waals surface area contributed by atoms with Crippen LogP contribution in [-0.2, 0) is 27.4 Å². The second kappa shape index (κ2) is 8.15. The van der Waals surface area contributed by atoms with Crippen LogP contribution in [0.25, 0.3) is 0 Å². The highest BCUT2D eigenvalue weighted by Crippen LogP contribution is 2.54. The lowest BCUT2D eigenvalue weighted by Crippen LogP contribution is -2.47. The van der Waals surface area contributed by atoms with Crippen molar-refractivity contribution < 1.29 is 23.5 Å². The van der Waals surface area contributed by atoms with Crippen molar-refractivity contribution in [1.29, 1.82) is 0 Å². The van der Waals surface area contributed by atoms with Gasteiger partial charge in [-0.1, -0.05) is 23.4 Å². The fourth-order valence-electron chi connectivity index (χ4n) is 6.14. The fraction of sp³-hybridized carbons (Fsp3) is 0.654. The van der Waals surface area contributed by atoms with E-state index in [1.54, 1.807) is 0 Å². The van der Waals surface area contributed by atoms with Crippen LogP contribution in [0.2, 0.25) is 0 Å². The van der Waals surface area contributed by atoms with Gasteiger partial charge in [-0.2, -0.15) is 0 Å². The van der Waals surface area contributed by atoms with Crippen molar-refractivity contribution in [1.82, 2.24) is 5.16 Å². The molecule has 1 spiro atoms. The third-order valence-electron chi connectivity index (χ3n) is 7.91. The van der Waals surface area contributed by atoms with E-state index in [4.69, 9.17) is 23.5 Å². The molecule has 2 heterocycles. The molecule has 3 atom stereocenters. The number of aromatic nitrogens is 1. The monoisotopic (exact) mass is 439 g/mol. The molecule has 32 heavy (non-hydrogen) atoms. The van der Waals surface area contributed by atoms with Crippen LogP contribution in [0.15, 0.2) is 22.7 Å². The summed E-state index contributed by atoms with van der Waals surface area (Å²) in [5.41, 5.74) is 4.24. The average Bonchev–Trinajstić information content (AvgIpc) is 3.34. The summed E-state index contributed by atoms with van der Waals surface area (Å²) in [6.07, 6.45) is 6.96. The van der Waals surface area contributed by atoms with Gasteiger partial charge in [0, 0.05) is 23.3 Å². The van der Waals surface area contributed by atoms with Crippen LogP contribution in [0.1, 0.15) is 72.6 Å². The van der Waals surface area contributed by atoms with Crippen LogP contribution < -0.4 is 4.74 Å². The van der Waals surface area contributed by atoms with Crippen molar-refractivity contribution >= 4 is 0 Å². The molecular weight excluding hydrogens is 406 g/mol. The third-order valence-corrected chi connectivity index (χ3v) is 7.91. The minimum atomic E-state index is -0.319. The summed E-state index contributed by atoms with van der Waals surface area (Å²) >= 11 is 0. The van der Waals surface area contributed by atoms with Crippen molar-refractivity contribution in [3.05, 3.63) is 46.3 Å². The number of para-hydroxylation sites is 1. The molecule has 2 bridgehead atoms. The molecule has 1 aliphatic heterocycles. The Kier molecular flexibility index (Phi) is 5.27. The molecular formula is C26H33NO5. The molecule has 2 aromatic rings. The summed E-state index contributed by atoms with van der Waals surface area (Å²) in [5, 5.41) is 4.40. The van der Waals surface area contributed by atoms with E-state index in [-0.39, 0.29) is 11.9 Å². The van der Waals surface area contributed by atoms with Gasteiger partial charge in [-0.3, -0.25) is 0 Å². The fourth-order valence-corrected chi connectivity index (χ4v) is 6.14. The normalized spacial score (nSPS) is 28.5. The number of benzene rings is 1. The van der Waals surface area contributed by atoms with Crippen LogP contribution in [-0.4, -0.2) is 30.3 Å². The first-order chi connectivity index (χ1) is 15.6.